The fraction of sp³-hybridized carbons (Fsp3) is 0.323. The molecule has 0 atom stereocenters. The van der Waals surface area contributed by atoms with Crippen molar-refractivity contribution in [3.05, 3.63) is 81.7 Å². The van der Waals surface area contributed by atoms with Gasteiger partial charge in [-0.05, 0) is 82.1 Å². The van der Waals surface area contributed by atoms with E-state index in [0.717, 1.165) is 48.2 Å². The molecular weight excluding hydrogens is 462 g/mol. The normalized spacial score (nSPS) is 14.0. The highest BCUT2D eigenvalue weighted by Crippen LogP contribution is 2.60. The highest BCUT2D eigenvalue weighted by atomic mass is 32.1. The lowest BCUT2D eigenvalue weighted by Gasteiger charge is -2.37. The second-order valence-corrected chi connectivity index (χ2v) is 10.7. The zero-order chi connectivity index (χ0) is 25.0. The topological polar surface area (TPSA) is 28.6 Å². The van der Waals surface area contributed by atoms with Crippen molar-refractivity contribution in [3.8, 4) is 28.1 Å². The minimum absolute atomic E-state index is 0.691. The molecule has 1 aliphatic carbocycles. The van der Waals surface area contributed by atoms with E-state index in [1.807, 2.05) is 0 Å². The smallest absolute Gasteiger partial charge is 0.197 e. The van der Waals surface area contributed by atoms with Crippen LogP contribution in [0, 0.1) is 6.92 Å². The van der Waals surface area contributed by atoms with Gasteiger partial charge >= 0.3 is 0 Å². The van der Waals surface area contributed by atoms with E-state index in [2.05, 4.69) is 105 Å². The van der Waals surface area contributed by atoms with Gasteiger partial charge in [0, 0.05) is 54.2 Å². The third kappa shape index (κ3) is 3.15. The highest BCUT2D eigenvalue weighted by Gasteiger charge is 2.52. The van der Waals surface area contributed by atoms with Crippen LogP contribution < -0.4 is 14.5 Å². The number of thiazole rings is 1. The summed E-state index contributed by atoms with van der Waals surface area (Å²) in [5.41, 5.74) is 8.91. The molecule has 3 aromatic carbocycles. The van der Waals surface area contributed by atoms with E-state index in [1.54, 1.807) is 11.3 Å². The molecule has 6 rings (SSSR count). The molecule has 0 unspecified atom stereocenters. The summed E-state index contributed by atoms with van der Waals surface area (Å²) in [5, 5.41) is 1.06. The summed E-state index contributed by atoms with van der Waals surface area (Å²) >= 11 is 1.76. The lowest BCUT2D eigenvalue weighted by molar-refractivity contribution is 0.161. The van der Waals surface area contributed by atoms with Crippen molar-refractivity contribution in [1.82, 2.24) is 4.98 Å². The molecule has 4 aromatic rings. The number of rotatable bonds is 6. The predicted molar refractivity (Wildman–Crippen MR) is 152 cm³/mol. The summed E-state index contributed by atoms with van der Waals surface area (Å²) < 4.78 is 7.12. The minimum atomic E-state index is -0.691. The van der Waals surface area contributed by atoms with Crippen LogP contribution in [0.4, 0.5) is 11.4 Å². The van der Waals surface area contributed by atoms with Crippen molar-refractivity contribution >= 4 is 22.7 Å². The zero-order valence-electron chi connectivity index (χ0n) is 21.8. The first-order valence-electron chi connectivity index (χ1n) is 13.1. The quantitative estimate of drug-likeness (QED) is 0.277. The molecule has 0 amide bonds. The number of benzene rings is 3. The van der Waals surface area contributed by atoms with Crippen LogP contribution in [0.3, 0.4) is 0 Å². The van der Waals surface area contributed by atoms with E-state index >= 15 is 0 Å². The number of ether oxygens (including phenoxy) is 1. The third-order valence-electron chi connectivity index (χ3n) is 7.77. The third-order valence-corrected chi connectivity index (χ3v) is 8.84. The summed E-state index contributed by atoms with van der Waals surface area (Å²) in [6.45, 7) is 14.9. The Morgan fingerprint density at radius 2 is 1.31 bits per heavy atom. The molecule has 2 aliphatic rings. The lowest BCUT2D eigenvalue weighted by atomic mass is 9.85. The summed E-state index contributed by atoms with van der Waals surface area (Å²) in [6.07, 6.45) is 0. The van der Waals surface area contributed by atoms with Gasteiger partial charge in [0.1, 0.15) is 5.75 Å². The van der Waals surface area contributed by atoms with E-state index in [4.69, 9.17) is 9.72 Å². The summed E-state index contributed by atoms with van der Waals surface area (Å²) in [5.74, 6) is 0.898. The van der Waals surface area contributed by atoms with Crippen LogP contribution in [-0.2, 0) is 5.60 Å². The fourth-order valence-electron chi connectivity index (χ4n) is 6.01. The van der Waals surface area contributed by atoms with Crippen molar-refractivity contribution in [2.75, 3.05) is 36.0 Å². The largest absolute Gasteiger partial charge is 0.471 e. The Labute approximate surface area is 218 Å². The van der Waals surface area contributed by atoms with Gasteiger partial charge in [0.25, 0.3) is 0 Å². The van der Waals surface area contributed by atoms with Gasteiger partial charge in [-0.3, -0.25) is 0 Å². The van der Waals surface area contributed by atoms with E-state index in [0.29, 0.717) is 0 Å². The Morgan fingerprint density at radius 1 is 0.750 bits per heavy atom. The number of nitrogens with zero attached hydrogens (tertiary/aromatic N) is 3. The first-order chi connectivity index (χ1) is 17.5. The number of anilines is 2. The van der Waals surface area contributed by atoms with Gasteiger partial charge in [0.05, 0.1) is 15.6 Å². The average molecular weight is 496 g/mol. The number of hydrogen-bond acceptors (Lipinski definition) is 5. The van der Waals surface area contributed by atoms with Crippen molar-refractivity contribution < 1.29 is 4.74 Å². The van der Waals surface area contributed by atoms with Gasteiger partial charge in [-0.15, -0.1) is 11.3 Å². The van der Waals surface area contributed by atoms with Gasteiger partial charge in [0.15, 0.2) is 5.60 Å². The van der Waals surface area contributed by atoms with Crippen molar-refractivity contribution in [3.63, 3.8) is 0 Å². The Kier molecular flexibility index (Phi) is 5.56. The molecule has 184 valence electrons. The van der Waals surface area contributed by atoms with Crippen LogP contribution in [0.1, 0.15) is 48.7 Å². The van der Waals surface area contributed by atoms with Crippen molar-refractivity contribution in [1.29, 1.82) is 0 Å². The van der Waals surface area contributed by atoms with Crippen LogP contribution in [0.25, 0.3) is 22.4 Å². The minimum Gasteiger partial charge on any atom is -0.471 e. The maximum absolute atomic E-state index is 7.12. The van der Waals surface area contributed by atoms with Crippen LogP contribution >= 0.6 is 11.3 Å². The summed E-state index contributed by atoms with van der Waals surface area (Å²) in [6, 6.07) is 22.2. The molecule has 1 aromatic heterocycles. The molecule has 0 fully saturated rings. The van der Waals surface area contributed by atoms with Gasteiger partial charge in [-0.25, -0.2) is 4.98 Å². The Morgan fingerprint density at radius 3 is 1.86 bits per heavy atom. The predicted octanol–water partition coefficient (Wildman–Crippen LogP) is 7.48. The molecule has 1 spiro atoms. The number of aryl methyl sites for hydroxylation is 1. The van der Waals surface area contributed by atoms with Crippen molar-refractivity contribution in [2.45, 2.75) is 40.2 Å². The van der Waals surface area contributed by atoms with Crippen LogP contribution in [0.5, 0.6) is 5.75 Å². The van der Waals surface area contributed by atoms with Crippen LogP contribution in [0.2, 0.25) is 0 Å². The number of para-hydroxylation sites is 1. The highest BCUT2D eigenvalue weighted by molar-refractivity contribution is 7.12. The first kappa shape index (κ1) is 23.1. The fourth-order valence-corrected chi connectivity index (χ4v) is 7.10. The number of hydrogen-bond donors (Lipinski definition) is 0. The van der Waals surface area contributed by atoms with Gasteiger partial charge in [0.2, 0.25) is 0 Å². The molecule has 1 aliphatic heterocycles. The van der Waals surface area contributed by atoms with Gasteiger partial charge < -0.3 is 14.5 Å². The van der Waals surface area contributed by atoms with Gasteiger partial charge in [-0.2, -0.15) is 0 Å². The van der Waals surface area contributed by atoms with Crippen LogP contribution in [0.15, 0.2) is 60.7 Å². The molecule has 36 heavy (non-hydrogen) atoms. The van der Waals surface area contributed by atoms with Crippen molar-refractivity contribution in [2.24, 2.45) is 0 Å². The second kappa shape index (κ2) is 8.67. The average Bonchev–Trinajstić information content (AvgIpc) is 3.43. The summed E-state index contributed by atoms with van der Waals surface area (Å²) in [4.78, 5) is 11.0. The molecule has 0 bridgehead atoms. The van der Waals surface area contributed by atoms with E-state index in [9.17, 15) is 0 Å². The maximum Gasteiger partial charge on any atom is 0.197 e. The Bertz CT molecular complexity index is 1390. The second-order valence-electron chi connectivity index (χ2n) is 9.49. The van der Waals surface area contributed by atoms with E-state index in [1.165, 1.54) is 38.5 Å². The Balaban J connectivity index is 1.66. The molecule has 0 radical (unpaired) electrons. The van der Waals surface area contributed by atoms with Gasteiger partial charge in [-0.1, -0.05) is 24.3 Å². The van der Waals surface area contributed by atoms with E-state index in [-0.39, 0.29) is 0 Å². The van der Waals surface area contributed by atoms with Crippen LogP contribution in [-0.4, -0.2) is 31.2 Å². The summed E-state index contributed by atoms with van der Waals surface area (Å²) in [7, 11) is 0. The zero-order valence-corrected chi connectivity index (χ0v) is 22.6. The maximum atomic E-state index is 7.12. The molecule has 4 nitrogen and oxygen atoms in total. The standard InChI is InChI=1S/C31H33N3OS/c1-6-33(7-2)21-14-16-26-24(18-21)25-19-22(34(8-3)9-4)15-17-27(25)31(26)30-29(32-20(5)36-30)23-12-10-11-13-28(23)35-31/h10-19H,6-9H2,1-5H3. The molecule has 5 heteroatoms. The Hall–Kier alpha value is -3.31. The number of aromatic nitrogens is 1. The molecular formula is C31H33N3OS. The first-order valence-corrected chi connectivity index (χ1v) is 13.9. The van der Waals surface area contributed by atoms with E-state index < -0.39 is 5.60 Å². The molecule has 0 saturated carbocycles. The SMILES string of the molecule is CCN(CC)c1ccc2c(c1)-c1cc(N(CC)CC)ccc1C21Oc2ccccc2-c2nc(C)sc21. The molecule has 2 heterocycles. The lowest BCUT2D eigenvalue weighted by Crippen LogP contribution is -2.36. The molecule has 0 N–H and O–H groups in total. The number of fused-ring (bicyclic) bond motifs is 9. The molecule has 0 saturated heterocycles. The monoisotopic (exact) mass is 495 g/mol.